The molecule has 0 aliphatic carbocycles. The first-order valence-electron chi connectivity index (χ1n) is 6.82. The number of amides is 1. The number of halogens is 1. The molecule has 4 heteroatoms. The number of carbonyl (C=O) groups is 1. The van der Waals surface area contributed by atoms with Crippen LogP contribution in [0.5, 0.6) is 0 Å². The maximum Gasteiger partial charge on any atom is 0.227 e. The van der Waals surface area contributed by atoms with Gasteiger partial charge in [0.25, 0.3) is 0 Å². The first kappa shape index (κ1) is 16.2. The lowest BCUT2D eigenvalue weighted by Crippen LogP contribution is -2.21. The summed E-state index contributed by atoms with van der Waals surface area (Å²) in [7, 11) is 0. The summed E-state index contributed by atoms with van der Waals surface area (Å²) in [4.78, 5) is 11.9. The first-order chi connectivity index (χ1) is 9.62. The molecule has 3 nitrogen and oxygen atoms in total. The van der Waals surface area contributed by atoms with Crippen LogP contribution in [0.4, 0.5) is 10.1 Å². The normalized spacial score (nSPS) is 10.1. The smallest absolute Gasteiger partial charge is 0.227 e. The molecule has 0 bridgehead atoms. The third-order valence-corrected chi connectivity index (χ3v) is 3.05. The molecule has 2 N–H and O–H groups in total. The molecule has 20 heavy (non-hydrogen) atoms. The van der Waals surface area contributed by atoms with Gasteiger partial charge in [-0.3, -0.25) is 4.79 Å². The lowest BCUT2D eigenvalue weighted by molar-refractivity contribution is -0.120. The summed E-state index contributed by atoms with van der Waals surface area (Å²) in [5.41, 5.74) is 0.700. The van der Waals surface area contributed by atoms with Crippen LogP contribution in [0.25, 0.3) is 0 Å². The van der Waals surface area contributed by atoms with Crippen LogP contribution in [0.1, 0.15) is 38.7 Å². The van der Waals surface area contributed by atoms with E-state index in [2.05, 4.69) is 17.2 Å². The fourth-order valence-corrected chi connectivity index (χ4v) is 1.81. The number of hydrogen-bond donors (Lipinski definition) is 2. The van der Waals surface area contributed by atoms with Crippen LogP contribution in [-0.2, 0) is 4.79 Å². The average molecular weight is 277 g/mol. The van der Waals surface area contributed by atoms with Gasteiger partial charge in [-0.1, -0.05) is 25.7 Å². The first-order valence-corrected chi connectivity index (χ1v) is 6.82. The van der Waals surface area contributed by atoms with Gasteiger partial charge in [-0.05, 0) is 31.0 Å². The Kier molecular flexibility index (Phi) is 6.75. The maximum atomic E-state index is 13.8. The molecular weight excluding hydrogens is 257 g/mol. The van der Waals surface area contributed by atoms with Gasteiger partial charge >= 0.3 is 0 Å². The molecule has 0 heterocycles. The minimum atomic E-state index is -0.474. The van der Waals surface area contributed by atoms with E-state index >= 15 is 0 Å². The van der Waals surface area contributed by atoms with Crippen molar-refractivity contribution in [1.82, 2.24) is 0 Å². The summed E-state index contributed by atoms with van der Waals surface area (Å²) < 4.78 is 13.8. The van der Waals surface area contributed by atoms with E-state index in [1.54, 1.807) is 6.07 Å². The zero-order valence-corrected chi connectivity index (χ0v) is 11.9. The predicted molar refractivity (Wildman–Crippen MR) is 77.7 cm³/mol. The van der Waals surface area contributed by atoms with Gasteiger partial charge in [0.1, 0.15) is 5.82 Å². The van der Waals surface area contributed by atoms with Gasteiger partial charge in [0, 0.05) is 18.0 Å². The summed E-state index contributed by atoms with van der Waals surface area (Å²) in [6.07, 6.45) is 1.83. The second-order valence-corrected chi connectivity index (χ2v) is 4.47. The molecule has 0 aromatic heterocycles. The van der Waals surface area contributed by atoms with Crippen molar-refractivity contribution >= 4 is 11.6 Å². The quantitative estimate of drug-likeness (QED) is 0.813. The van der Waals surface area contributed by atoms with Crippen molar-refractivity contribution in [2.75, 3.05) is 11.9 Å². The van der Waals surface area contributed by atoms with Gasteiger partial charge in [-0.15, -0.1) is 0 Å². The minimum Gasteiger partial charge on any atom is -0.395 e. The fraction of sp³-hybridized carbons (Fsp3) is 0.438. The van der Waals surface area contributed by atoms with Crippen LogP contribution in [0.2, 0.25) is 0 Å². The van der Waals surface area contributed by atoms with Gasteiger partial charge in [0.15, 0.2) is 0 Å². The van der Waals surface area contributed by atoms with Gasteiger partial charge in [0.2, 0.25) is 5.91 Å². The van der Waals surface area contributed by atoms with Crippen molar-refractivity contribution in [3.63, 3.8) is 0 Å². The summed E-state index contributed by atoms with van der Waals surface area (Å²) in [6, 6.07) is 4.43. The predicted octanol–water partition coefficient (Wildman–Crippen LogP) is 2.93. The number of nitrogens with one attached hydrogen (secondary N) is 1. The summed E-state index contributed by atoms with van der Waals surface area (Å²) >= 11 is 0. The monoisotopic (exact) mass is 277 g/mol. The maximum absolute atomic E-state index is 13.8. The van der Waals surface area contributed by atoms with Crippen molar-refractivity contribution < 1.29 is 14.3 Å². The Bertz CT molecular complexity index is 513. The molecule has 0 aliphatic heterocycles. The number of carbonyl (C=O) groups excluding carboxylic acids is 1. The van der Waals surface area contributed by atoms with E-state index in [0.29, 0.717) is 12.1 Å². The number of rotatable bonds is 5. The van der Waals surface area contributed by atoms with Crippen molar-refractivity contribution in [2.24, 2.45) is 5.92 Å². The molecule has 108 valence electrons. The number of benzene rings is 1. The second kappa shape index (κ2) is 8.34. The van der Waals surface area contributed by atoms with Crippen molar-refractivity contribution in [3.8, 4) is 11.8 Å². The number of hydrogen-bond acceptors (Lipinski definition) is 2. The van der Waals surface area contributed by atoms with Gasteiger partial charge in [0.05, 0.1) is 12.2 Å². The highest BCUT2D eigenvalue weighted by Crippen LogP contribution is 2.16. The van der Waals surface area contributed by atoms with E-state index in [1.165, 1.54) is 12.1 Å². The van der Waals surface area contributed by atoms with Gasteiger partial charge in [-0.25, -0.2) is 4.39 Å². The topological polar surface area (TPSA) is 49.3 Å². The summed E-state index contributed by atoms with van der Waals surface area (Å²) in [5.74, 6) is 4.69. The zero-order valence-electron chi connectivity index (χ0n) is 11.9. The van der Waals surface area contributed by atoms with Crippen molar-refractivity contribution in [3.05, 3.63) is 29.6 Å². The molecule has 0 fully saturated rings. The van der Waals surface area contributed by atoms with Crippen LogP contribution >= 0.6 is 0 Å². The lowest BCUT2D eigenvalue weighted by atomic mass is 10.0. The highest BCUT2D eigenvalue weighted by molar-refractivity contribution is 5.92. The van der Waals surface area contributed by atoms with E-state index in [0.717, 1.165) is 12.8 Å². The molecule has 1 rings (SSSR count). The van der Waals surface area contributed by atoms with Crippen LogP contribution < -0.4 is 5.32 Å². The van der Waals surface area contributed by atoms with Crippen LogP contribution in [0.15, 0.2) is 18.2 Å². The van der Waals surface area contributed by atoms with E-state index in [9.17, 15) is 9.18 Å². The number of aliphatic hydroxyl groups is 1. The average Bonchev–Trinajstić information content (AvgIpc) is 2.43. The van der Waals surface area contributed by atoms with Crippen LogP contribution in [0, 0.1) is 23.6 Å². The molecule has 0 aliphatic rings. The Morgan fingerprint density at radius 2 is 2.10 bits per heavy atom. The third-order valence-electron chi connectivity index (χ3n) is 3.05. The molecular formula is C16H20FNO2. The summed E-state index contributed by atoms with van der Waals surface area (Å²) in [5, 5.41) is 11.3. The van der Waals surface area contributed by atoms with E-state index < -0.39 is 5.82 Å². The molecule has 0 radical (unpaired) electrons. The molecule has 0 saturated heterocycles. The van der Waals surface area contributed by atoms with E-state index in [1.807, 2.05) is 13.8 Å². The minimum absolute atomic E-state index is 0.0435. The zero-order chi connectivity index (χ0) is 15.0. The van der Waals surface area contributed by atoms with E-state index in [-0.39, 0.29) is 24.0 Å². The largest absolute Gasteiger partial charge is 0.395 e. The second-order valence-electron chi connectivity index (χ2n) is 4.47. The Labute approximate surface area is 119 Å². The van der Waals surface area contributed by atoms with E-state index in [4.69, 9.17) is 5.11 Å². The Hall–Kier alpha value is -1.86. The molecule has 0 unspecified atom stereocenters. The van der Waals surface area contributed by atoms with Crippen molar-refractivity contribution in [1.29, 1.82) is 0 Å². The van der Waals surface area contributed by atoms with Crippen LogP contribution in [-0.4, -0.2) is 17.6 Å². The number of aliphatic hydroxyl groups excluding tert-OH is 1. The molecule has 0 saturated carbocycles. The summed E-state index contributed by atoms with van der Waals surface area (Å²) in [6.45, 7) is 3.86. The third kappa shape index (κ3) is 4.67. The highest BCUT2D eigenvalue weighted by atomic mass is 19.1. The Balaban J connectivity index is 2.78. The fourth-order valence-electron chi connectivity index (χ4n) is 1.81. The molecule has 1 aromatic carbocycles. The molecule has 0 spiro atoms. The van der Waals surface area contributed by atoms with Gasteiger partial charge in [-0.2, -0.15) is 0 Å². The SMILES string of the molecule is CCC(CC)C(=O)Nc1ccc(C#CCCO)c(F)c1. The Morgan fingerprint density at radius 3 is 2.65 bits per heavy atom. The Morgan fingerprint density at radius 1 is 1.40 bits per heavy atom. The molecule has 1 aromatic rings. The van der Waals surface area contributed by atoms with Gasteiger partial charge < -0.3 is 10.4 Å². The highest BCUT2D eigenvalue weighted by Gasteiger charge is 2.14. The van der Waals surface area contributed by atoms with Crippen LogP contribution in [0.3, 0.4) is 0 Å². The molecule has 1 amide bonds. The molecule has 0 atom stereocenters. The standard InChI is InChI=1S/C16H20FNO2/c1-3-12(4-2)16(20)18-14-9-8-13(15(17)11-14)7-5-6-10-19/h8-9,11-12,19H,3-4,6,10H2,1-2H3,(H,18,20). The number of anilines is 1. The lowest BCUT2D eigenvalue weighted by Gasteiger charge is -2.12. The van der Waals surface area contributed by atoms with Crippen molar-refractivity contribution in [2.45, 2.75) is 33.1 Å².